The van der Waals surface area contributed by atoms with Crippen molar-refractivity contribution >= 4 is 5.69 Å². The number of benzene rings is 1. The number of hydrogen-bond acceptors (Lipinski definition) is 4. The number of methoxy groups -OCH3 is 1. The summed E-state index contributed by atoms with van der Waals surface area (Å²) in [5.41, 5.74) is 5.80. The molecule has 0 saturated carbocycles. The molecule has 0 radical (unpaired) electrons. The van der Waals surface area contributed by atoms with Crippen LogP contribution in [0, 0.1) is 0 Å². The molecule has 4 nitrogen and oxygen atoms in total. The molecule has 0 aliphatic heterocycles. The average molecular weight is 292 g/mol. The van der Waals surface area contributed by atoms with Gasteiger partial charge in [-0.1, -0.05) is 0 Å². The highest BCUT2D eigenvalue weighted by Gasteiger charge is 2.31. The van der Waals surface area contributed by atoms with Crippen LogP contribution in [0.25, 0.3) is 0 Å². The quantitative estimate of drug-likeness (QED) is 0.801. The molecule has 0 aliphatic carbocycles. The number of hydrogen-bond donors (Lipinski definition) is 2. The molecule has 114 valence electrons. The van der Waals surface area contributed by atoms with Gasteiger partial charge in [0.25, 0.3) is 0 Å². The van der Waals surface area contributed by atoms with E-state index in [4.69, 9.17) is 15.6 Å². The van der Waals surface area contributed by atoms with E-state index in [-0.39, 0.29) is 13.2 Å². The average Bonchev–Trinajstić information content (AvgIpc) is 2.41. The molecule has 0 atom stereocenters. The van der Waals surface area contributed by atoms with Crippen LogP contribution in [0.15, 0.2) is 18.2 Å². The lowest BCUT2D eigenvalue weighted by atomic mass is 10.1. The van der Waals surface area contributed by atoms with E-state index < -0.39 is 11.7 Å². The van der Waals surface area contributed by atoms with Gasteiger partial charge >= 0.3 is 6.18 Å². The molecular formula is C13H19F3N2O2. The normalized spacial score (nSPS) is 11.7. The molecule has 1 aromatic carbocycles. The molecule has 0 saturated heterocycles. The fourth-order valence-electron chi connectivity index (χ4n) is 1.91. The summed E-state index contributed by atoms with van der Waals surface area (Å²) >= 11 is 0. The Hall–Kier alpha value is -1.31. The second-order valence-electron chi connectivity index (χ2n) is 4.25. The third-order valence-corrected chi connectivity index (χ3v) is 2.90. The van der Waals surface area contributed by atoms with Crippen LogP contribution in [-0.2, 0) is 17.5 Å². The van der Waals surface area contributed by atoms with Gasteiger partial charge in [-0.25, -0.2) is 0 Å². The molecule has 0 unspecified atom stereocenters. The van der Waals surface area contributed by atoms with E-state index in [1.54, 1.807) is 4.90 Å². The summed E-state index contributed by atoms with van der Waals surface area (Å²) in [6.07, 6.45) is -4.39. The first kappa shape index (κ1) is 16.7. The Balaban J connectivity index is 3.08. The van der Waals surface area contributed by atoms with Gasteiger partial charge in [-0.15, -0.1) is 0 Å². The number of aliphatic hydroxyl groups excluding tert-OH is 1. The van der Waals surface area contributed by atoms with Crippen LogP contribution < -0.4 is 10.6 Å². The summed E-state index contributed by atoms with van der Waals surface area (Å²) in [6, 6.07) is 3.45. The smallest absolute Gasteiger partial charge is 0.395 e. The minimum absolute atomic E-state index is 0.00579. The second kappa shape index (κ2) is 7.47. The summed E-state index contributed by atoms with van der Waals surface area (Å²) in [6.45, 7) is 1.07. The van der Waals surface area contributed by atoms with Crippen LogP contribution in [0.4, 0.5) is 18.9 Å². The second-order valence-corrected chi connectivity index (χ2v) is 4.25. The molecule has 0 fully saturated rings. The fraction of sp³-hybridized carbons (Fsp3) is 0.538. The van der Waals surface area contributed by atoms with Crippen molar-refractivity contribution in [1.29, 1.82) is 0 Å². The van der Waals surface area contributed by atoms with Gasteiger partial charge in [0.15, 0.2) is 0 Å². The SMILES string of the molecule is COCCN(CCO)c1ccc(C(F)(F)F)cc1CN. The van der Waals surface area contributed by atoms with E-state index in [9.17, 15) is 13.2 Å². The molecule has 3 N–H and O–H groups in total. The number of nitrogens with two attached hydrogens (primary N) is 1. The molecular weight excluding hydrogens is 273 g/mol. The first-order valence-corrected chi connectivity index (χ1v) is 6.19. The number of alkyl halides is 3. The Morgan fingerprint density at radius 3 is 2.50 bits per heavy atom. The van der Waals surface area contributed by atoms with Crippen LogP contribution in [0.5, 0.6) is 0 Å². The molecule has 0 spiro atoms. The highest BCUT2D eigenvalue weighted by Crippen LogP contribution is 2.32. The number of halogens is 3. The van der Waals surface area contributed by atoms with E-state index in [2.05, 4.69) is 0 Å². The molecule has 7 heteroatoms. The first-order chi connectivity index (χ1) is 9.43. The van der Waals surface area contributed by atoms with Gasteiger partial charge in [0.2, 0.25) is 0 Å². The van der Waals surface area contributed by atoms with Crippen LogP contribution in [-0.4, -0.2) is 38.5 Å². The number of rotatable bonds is 7. The number of nitrogens with zero attached hydrogens (tertiary/aromatic N) is 1. The van der Waals surface area contributed by atoms with Gasteiger partial charge < -0.3 is 20.5 Å². The minimum atomic E-state index is -4.39. The molecule has 0 aromatic heterocycles. The maximum Gasteiger partial charge on any atom is 0.416 e. The lowest BCUT2D eigenvalue weighted by Gasteiger charge is -2.26. The van der Waals surface area contributed by atoms with Crippen molar-refractivity contribution in [2.24, 2.45) is 5.73 Å². The molecule has 0 heterocycles. The van der Waals surface area contributed by atoms with E-state index in [0.717, 1.165) is 12.1 Å². The lowest BCUT2D eigenvalue weighted by Crippen LogP contribution is -2.31. The van der Waals surface area contributed by atoms with Crippen molar-refractivity contribution in [2.75, 3.05) is 38.3 Å². The van der Waals surface area contributed by atoms with Gasteiger partial charge in [0.1, 0.15) is 0 Å². The van der Waals surface area contributed by atoms with Gasteiger partial charge in [-0.3, -0.25) is 0 Å². The Kier molecular flexibility index (Phi) is 6.25. The van der Waals surface area contributed by atoms with Crippen molar-refractivity contribution in [3.8, 4) is 0 Å². The fourth-order valence-corrected chi connectivity index (χ4v) is 1.91. The van der Waals surface area contributed by atoms with Crippen molar-refractivity contribution < 1.29 is 23.0 Å². The molecule has 0 bridgehead atoms. The predicted octanol–water partition coefficient (Wildman–Crippen LogP) is 1.61. The Morgan fingerprint density at radius 1 is 1.30 bits per heavy atom. The van der Waals surface area contributed by atoms with Gasteiger partial charge in [0.05, 0.1) is 18.8 Å². The Labute approximate surface area is 115 Å². The van der Waals surface area contributed by atoms with Gasteiger partial charge in [-0.05, 0) is 23.8 Å². The maximum atomic E-state index is 12.7. The van der Waals surface area contributed by atoms with Crippen molar-refractivity contribution in [2.45, 2.75) is 12.7 Å². The van der Waals surface area contributed by atoms with Crippen molar-refractivity contribution in [3.05, 3.63) is 29.3 Å². The molecule has 0 aliphatic rings. The maximum absolute atomic E-state index is 12.7. The van der Waals surface area contributed by atoms with E-state index in [1.807, 2.05) is 0 Å². The summed E-state index contributed by atoms with van der Waals surface area (Å²) in [7, 11) is 1.54. The highest BCUT2D eigenvalue weighted by molar-refractivity contribution is 5.55. The number of ether oxygens (including phenoxy) is 1. The zero-order chi connectivity index (χ0) is 15.2. The van der Waals surface area contributed by atoms with Crippen LogP contribution >= 0.6 is 0 Å². The third kappa shape index (κ3) is 4.36. The van der Waals surface area contributed by atoms with Gasteiger partial charge in [0, 0.05) is 32.4 Å². The summed E-state index contributed by atoms with van der Waals surface area (Å²) in [4.78, 5) is 1.76. The first-order valence-electron chi connectivity index (χ1n) is 6.19. The zero-order valence-electron chi connectivity index (χ0n) is 11.3. The standard InChI is InChI=1S/C13H19F3N2O2/c1-20-7-5-18(4-6-19)12-3-2-11(13(14,15)16)8-10(12)9-17/h2-3,8,19H,4-7,9,17H2,1H3. The number of aliphatic hydroxyl groups is 1. The van der Waals surface area contributed by atoms with E-state index in [1.165, 1.54) is 13.2 Å². The number of anilines is 1. The zero-order valence-corrected chi connectivity index (χ0v) is 11.3. The van der Waals surface area contributed by atoms with Crippen molar-refractivity contribution in [3.63, 3.8) is 0 Å². The minimum Gasteiger partial charge on any atom is -0.395 e. The van der Waals surface area contributed by atoms with Gasteiger partial charge in [-0.2, -0.15) is 13.2 Å². The summed E-state index contributed by atoms with van der Waals surface area (Å²) in [5, 5.41) is 9.05. The van der Waals surface area contributed by atoms with Crippen molar-refractivity contribution in [1.82, 2.24) is 0 Å². The highest BCUT2D eigenvalue weighted by atomic mass is 19.4. The molecule has 0 amide bonds. The lowest BCUT2D eigenvalue weighted by molar-refractivity contribution is -0.137. The van der Waals surface area contributed by atoms with E-state index >= 15 is 0 Å². The van der Waals surface area contributed by atoms with Crippen LogP contribution in [0.1, 0.15) is 11.1 Å². The van der Waals surface area contributed by atoms with Crippen LogP contribution in [0.3, 0.4) is 0 Å². The van der Waals surface area contributed by atoms with Crippen LogP contribution in [0.2, 0.25) is 0 Å². The molecule has 1 aromatic rings. The largest absolute Gasteiger partial charge is 0.416 e. The molecule has 1 rings (SSSR count). The third-order valence-electron chi connectivity index (χ3n) is 2.90. The predicted molar refractivity (Wildman–Crippen MR) is 70.5 cm³/mol. The van der Waals surface area contributed by atoms with E-state index in [0.29, 0.717) is 30.9 Å². The topological polar surface area (TPSA) is 58.7 Å². The molecule has 20 heavy (non-hydrogen) atoms. The Bertz CT molecular complexity index is 425. The monoisotopic (exact) mass is 292 g/mol. The Morgan fingerprint density at radius 2 is 2.00 bits per heavy atom. The summed E-state index contributed by atoms with van der Waals surface area (Å²) < 4.78 is 43.0. The summed E-state index contributed by atoms with van der Waals surface area (Å²) in [5.74, 6) is 0.